The van der Waals surface area contributed by atoms with Crippen LogP contribution in [-0.4, -0.2) is 14.8 Å². The van der Waals surface area contributed by atoms with E-state index in [1.165, 1.54) is 66.0 Å². The van der Waals surface area contributed by atoms with E-state index in [1.54, 1.807) is 0 Å². The highest BCUT2D eigenvalue weighted by molar-refractivity contribution is 6.10. The summed E-state index contributed by atoms with van der Waals surface area (Å²) in [6.45, 7) is 0. The largest absolute Gasteiger partial charge is 0.416 e. The summed E-state index contributed by atoms with van der Waals surface area (Å²) in [4.78, 5) is 0. The minimum Gasteiger partial charge on any atom is -0.416 e. The van der Waals surface area contributed by atoms with E-state index in [9.17, 15) is 0 Å². The minimum absolute atomic E-state index is 0.523. The molecule has 8 aromatic carbocycles. The van der Waals surface area contributed by atoms with Crippen LogP contribution in [0.2, 0.25) is 0 Å². The van der Waals surface area contributed by atoms with Gasteiger partial charge >= 0.3 is 0 Å². The van der Waals surface area contributed by atoms with E-state index in [4.69, 9.17) is 4.42 Å². The lowest BCUT2D eigenvalue weighted by molar-refractivity contribution is 0.554. The molecule has 0 radical (unpaired) electrons. The summed E-state index contributed by atoms with van der Waals surface area (Å²) < 4.78 is 8.47. The Morgan fingerprint density at radius 2 is 0.983 bits per heavy atom. The van der Waals surface area contributed by atoms with Crippen molar-refractivity contribution in [2.75, 3.05) is 0 Å². The molecule has 0 atom stereocenters. The predicted molar refractivity (Wildman–Crippen MR) is 240 cm³/mol. The summed E-state index contributed by atoms with van der Waals surface area (Å²) in [5.74, 6) is 1.08. The van der Waals surface area contributed by atoms with Crippen LogP contribution in [0.3, 0.4) is 0 Å². The quantitative estimate of drug-likeness (QED) is 0.163. The van der Waals surface area contributed by atoms with Crippen molar-refractivity contribution in [2.45, 2.75) is 12.8 Å². The van der Waals surface area contributed by atoms with Crippen LogP contribution < -0.4 is 0 Å². The molecule has 1 aliphatic rings. The molecule has 4 nitrogen and oxygen atoms in total. The molecule has 58 heavy (non-hydrogen) atoms. The molecule has 2 heterocycles. The molecule has 0 spiro atoms. The average Bonchev–Trinajstić information content (AvgIpc) is 3.93. The molecule has 11 rings (SSSR count). The van der Waals surface area contributed by atoms with Crippen LogP contribution in [0.5, 0.6) is 0 Å². The molecule has 1 aliphatic carbocycles. The molecule has 0 saturated heterocycles. The van der Waals surface area contributed by atoms with E-state index < -0.39 is 0 Å². The van der Waals surface area contributed by atoms with Crippen molar-refractivity contribution in [3.05, 3.63) is 206 Å². The standard InChI is InChI=1S/C54H37N3O/c1-2-13-39(14-3-1)53-55-56-54(58-53)40-25-23-37(24-26-40)45-16-6-8-18-47(45)48-19-9-7-17-46(48)38-28-31-44(32-29-38)57-51-21-11-10-20-49(51)50-35-43(30-33-52(50)57)42-27-22-36-12-4-5-15-41(36)34-42/h2,4-35H,1,3H2. The van der Waals surface area contributed by atoms with Crippen LogP contribution in [0.25, 0.3) is 99.8 Å². The molecule has 0 bridgehead atoms. The Bertz CT molecular complexity index is 3220. The van der Waals surface area contributed by atoms with Gasteiger partial charge in [-0.15, -0.1) is 10.2 Å². The number of rotatable bonds is 7. The summed E-state index contributed by atoms with van der Waals surface area (Å²) in [6, 6.07) is 65.7. The van der Waals surface area contributed by atoms with Gasteiger partial charge in [0.1, 0.15) is 0 Å². The van der Waals surface area contributed by atoms with Crippen molar-refractivity contribution < 1.29 is 4.42 Å². The van der Waals surface area contributed by atoms with Gasteiger partial charge in [-0.05, 0) is 117 Å². The molecule has 0 fully saturated rings. The Hall–Kier alpha value is -7.56. The van der Waals surface area contributed by atoms with Crippen LogP contribution in [0.15, 0.2) is 205 Å². The molecule has 0 unspecified atom stereocenters. The fraction of sp³-hybridized carbons (Fsp3) is 0.0370. The Kier molecular flexibility index (Phi) is 8.25. The Morgan fingerprint density at radius 3 is 1.72 bits per heavy atom. The molecule has 4 heteroatoms. The first-order chi connectivity index (χ1) is 28.7. The fourth-order valence-corrected chi connectivity index (χ4v) is 8.55. The number of hydrogen-bond donors (Lipinski definition) is 0. The Morgan fingerprint density at radius 1 is 0.414 bits per heavy atom. The second-order valence-corrected chi connectivity index (χ2v) is 14.9. The van der Waals surface area contributed by atoms with Gasteiger partial charge in [-0.2, -0.15) is 0 Å². The van der Waals surface area contributed by atoms with Gasteiger partial charge in [0.2, 0.25) is 11.8 Å². The van der Waals surface area contributed by atoms with Crippen molar-refractivity contribution in [1.29, 1.82) is 0 Å². The number of nitrogens with zero attached hydrogens (tertiary/aromatic N) is 3. The fourth-order valence-electron chi connectivity index (χ4n) is 8.55. The Labute approximate surface area is 336 Å². The summed E-state index contributed by atoms with van der Waals surface area (Å²) >= 11 is 0. The van der Waals surface area contributed by atoms with Gasteiger partial charge in [0.15, 0.2) is 0 Å². The zero-order valence-electron chi connectivity index (χ0n) is 31.7. The summed E-state index contributed by atoms with van der Waals surface area (Å²) in [5.41, 5.74) is 14.8. The highest BCUT2D eigenvalue weighted by Gasteiger charge is 2.17. The smallest absolute Gasteiger partial charge is 0.248 e. The minimum atomic E-state index is 0.523. The first-order valence-corrected chi connectivity index (χ1v) is 19.9. The van der Waals surface area contributed by atoms with Crippen LogP contribution >= 0.6 is 0 Å². The van der Waals surface area contributed by atoms with E-state index in [2.05, 4.69) is 215 Å². The number of hydrogen-bond acceptors (Lipinski definition) is 3. The zero-order valence-corrected chi connectivity index (χ0v) is 31.7. The maximum absolute atomic E-state index is 6.08. The molecule has 0 amide bonds. The van der Waals surface area contributed by atoms with Crippen LogP contribution in [0.1, 0.15) is 18.7 Å². The van der Waals surface area contributed by atoms with Crippen molar-refractivity contribution >= 4 is 38.2 Å². The molecule has 0 saturated carbocycles. The molecule has 274 valence electrons. The van der Waals surface area contributed by atoms with E-state index in [-0.39, 0.29) is 0 Å². The third-order valence-electron chi connectivity index (χ3n) is 11.4. The summed E-state index contributed by atoms with van der Waals surface area (Å²) in [6.07, 6.45) is 8.39. The van der Waals surface area contributed by atoms with Crippen molar-refractivity contribution in [3.8, 4) is 61.6 Å². The number of fused-ring (bicyclic) bond motifs is 4. The molecule has 0 aliphatic heterocycles. The molecule has 2 aromatic heterocycles. The van der Waals surface area contributed by atoms with Gasteiger partial charge in [0, 0.05) is 27.6 Å². The molecule has 10 aromatic rings. The normalized spacial score (nSPS) is 12.7. The van der Waals surface area contributed by atoms with Gasteiger partial charge in [0.25, 0.3) is 0 Å². The number of aromatic nitrogens is 3. The first-order valence-electron chi connectivity index (χ1n) is 19.9. The first kappa shape index (κ1) is 33.8. The number of benzene rings is 8. The van der Waals surface area contributed by atoms with Crippen molar-refractivity contribution in [1.82, 2.24) is 14.8 Å². The second kappa shape index (κ2) is 14.2. The van der Waals surface area contributed by atoms with Crippen LogP contribution in [-0.2, 0) is 0 Å². The van der Waals surface area contributed by atoms with Gasteiger partial charge in [-0.1, -0.05) is 152 Å². The monoisotopic (exact) mass is 743 g/mol. The molecular weight excluding hydrogens is 707 g/mol. The predicted octanol–water partition coefficient (Wildman–Crippen LogP) is 14.4. The lowest BCUT2D eigenvalue weighted by Gasteiger charge is -2.15. The van der Waals surface area contributed by atoms with Gasteiger partial charge in [-0.25, -0.2) is 0 Å². The van der Waals surface area contributed by atoms with Gasteiger partial charge in [-0.3, -0.25) is 0 Å². The van der Waals surface area contributed by atoms with E-state index >= 15 is 0 Å². The average molecular weight is 744 g/mol. The van der Waals surface area contributed by atoms with Crippen LogP contribution in [0, 0.1) is 0 Å². The molecular formula is C54H37N3O. The SMILES string of the molecule is C1=CC(c2nnc(-c3ccc(-c4ccccc4-c4ccccc4-c4ccc(-n5c6ccccc6c6cc(-c7ccc8ccccc8c7)ccc65)cc4)cc3)o2)=CCC1. The van der Waals surface area contributed by atoms with E-state index in [0.29, 0.717) is 11.8 Å². The molecule has 0 N–H and O–H groups in total. The second-order valence-electron chi connectivity index (χ2n) is 14.9. The van der Waals surface area contributed by atoms with Crippen molar-refractivity contribution in [2.24, 2.45) is 0 Å². The van der Waals surface area contributed by atoms with Gasteiger partial charge in [0.05, 0.1) is 11.0 Å². The number of allylic oxidation sites excluding steroid dienone is 4. The number of para-hydroxylation sites is 1. The van der Waals surface area contributed by atoms with Crippen LogP contribution in [0.4, 0.5) is 0 Å². The third-order valence-corrected chi connectivity index (χ3v) is 11.4. The highest BCUT2D eigenvalue weighted by atomic mass is 16.4. The van der Waals surface area contributed by atoms with Gasteiger partial charge < -0.3 is 8.98 Å². The summed E-state index contributed by atoms with van der Waals surface area (Å²) in [7, 11) is 0. The summed E-state index contributed by atoms with van der Waals surface area (Å²) in [5, 5.41) is 13.7. The van der Waals surface area contributed by atoms with E-state index in [1.807, 2.05) is 0 Å². The lowest BCUT2D eigenvalue weighted by Crippen LogP contribution is -1.94. The third kappa shape index (κ3) is 5.94. The Balaban J connectivity index is 0.926. The zero-order chi connectivity index (χ0) is 38.4. The maximum Gasteiger partial charge on any atom is 0.248 e. The highest BCUT2D eigenvalue weighted by Crippen LogP contribution is 2.40. The topological polar surface area (TPSA) is 43.9 Å². The van der Waals surface area contributed by atoms with E-state index in [0.717, 1.165) is 40.8 Å². The van der Waals surface area contributed by atoms with Crippen molar-refractivity contribution in [3.63, 3.8) is 0 Å². The maximum atomic E-state index is 6.08. The lowest BCUT2D eigenvalue weighted by atomic mass is 9.89.